The van der Waals surface area contributed by atoms with Gasteiger partial charge in [0.05, 0.1) is 20.7 Å². The van der Waals surface area contributed by atoms with Crippen molar-refractivity contribution in [3.8, 4) is 5.75 Å². The van der Waals surface area contributed by atoms with Gasteiger partial charge in [-0.15, -0.1) is 11.3 Å². The third-order valence-corrected chi connectivity index (χ3v) is 3.60. The number of ether oxygens (including phenoxy) is 1. The topological polar surface area (TPSA) is 39.2 Å². The van der Waals surface area contributed by atoms with Gasteiger partial charge in [-0.25, -0.2) is 4.98 Å². The van der Waals surface area contributed by atoms with E-state index in [9.17, 15) is 4.79 Å². The van der Waals surface area contributed by atoms with Crippen molar-refractivity contribution in [3.05, 3.63) is 44.3 Å². The summed E-state index contributed by atoms with van der Waals surface area (Å²) >= 11 is 4.95. The first-order chi connectivity index (χ1) is 8.20. The molecule has 0 spiro atoms. The Balaban J connectivity index is 2.16. The molecule has 2 rings (SSSR count). The highest BCUT2D eigenvalue weighted by Gasteiger charge is 2.08. The van der Waals surface area contributed by atoms with Gasteiger partial charge in [-0.05, 0) is 35.0 Å². The van der Waals surface area contributed by atoms with Gasteiger partial charge in [0.1, 0.15) is 12.4 Å². The number of hydrogen-bond donors (Lipinski definition) is 0. The number of nitrogens with zero attached hydrogens (tertiary/aromatic N) is 1. The van der Waals surface area contributed by atoms with E-state index < -0.39 is 0 Å². The molecule has 0 amide bonds. The van der Waals surface area contributed by atoms with Crippen LogP contribution >= 0.6 is 27.3 Å². The highest BCUT2D eigenvalue weighted by molar-refractivity contribution is 9.10. The Morgan fingerprint density at radius 3 is 3.00 bits per heavy atom. The summed E-state index contributed by atoms with van der Waals surface area (Å²) in [5, 5.41) is 2.96. The first-order valence-corrected chi connectivity index (χ1v) is 6.65. The fraction of sp³-hybridized carbons (Fsp3) is 0.167. The molecule has 0 aliphatic heterocycles. The smallest absolute Gasteiger partial charge is 0.153 e. The monoisotopic (exact) mass is 311 g/mol. The molecule has 17 heavy (non-hydrogen) atoms. The van der Waals surface area contributed by atoms with E-state index in [0.717, 1.165) is 21.5 Å². The maximum absolute atomic E-state index is 10.9. The Labute approximate surface area is 112 Å². The Kier molecular flexibility index (Phi) is 3.91. The van der Waals surface area contributed by atoms with Gasteiger partial charge in [0.25, 0.3) is 0 Å². The molecule has 1 aromatic heterocycles. The second kappa shape index (κ2) is 5.42. The molecule has 3 nitrogen and oxygen atoms in total. The van der Waals surface area contributed by atoms with Crippen LogP contribution in [0.25, 0.3) is 0 Å². The minimum absolute atomic E-state index is 0.369. The van der Waals surface area contributed by atoms with E-state index in [1.165, 1.54) is 0 Å². The quantitative estimate of drug-likeness (QED) is 0.810. The average molecular weight is 312 g/mol. The molecule has 0 aliphatic carbocycles. The zero-order chi connectivity index (χ0) is 12.3. The molecule has 0 N–H and O–H groups in total. The van der Waals surface area contributed by atoms with E-state index in [2.05, 4.69) is 20.9 Å². The molecule has 0 aliphatic rings. The molecular formula is C12H10BrNO2S. The van der Waals surface area contributed by atoms with Gasteiger partial charge in [-0.2, -0.15) is 0 Å². The maximum Gasteiger partial charge on any atom is 0.153 e. The average Bonchev–Trinajstić information content (AvgIpc) is 2.73. The number of carbonyl (C=O) groups excluding carboxylic acids is 1. The number of carbonyl (C=O) groups is 1. The standard InChI is InChI=1S/C12H10BrNO2S/c1-8-14-10(7-17-8)6-16-12-9(5-15)3-2-4-11(12)13/h2-5,7H,6H2,1H3. The molecule has 0 radical (unpaired) electrons. The van der Waals surface area contributed by atoms with Crippen LogP contribution in [0.4, 0.5) is 0 Å². The SMILES string of the molecule is Cc1nc(COc2c(Br)cccc2C=O)cs1. The highest BCUT2D eigenvalue weighted by atomic mass is 79.9. The molecular weight excluding hydrogens is 302 g/mol. The molecule has 1 aromatic carbocycles. The van der Waals surface area contributed by atoms with Crippen LogP contribution in [0.15, 0.2) is 28.1 Å². The van der Waals surface area contributed by atoms with Crippen LogP contribution in [-0.2, 0) is 6.61 Å². The van der Waals surface area contributed by atoms with Gasteiger partial charge >= 0.3 is 0 Å². The number of hydrogen-bond acceptors (Lipinski definition) is 4. The van der Waals surface area contributed by atoms with Crippen molar-refractivity contribution >= 4 is 33.6 Å². The fourth-order valence-electron chi connectivity index (χ4n) is 1.39. The summed E-state index contributed by atoms with van der Waals surface area (Å²) in [5.41, 5.74) is 1.41. The number of halogens is 1. The number of thiazole rings is 1. The normalized spacial score (nSPS) is 10.2. The predicted molar refractivity (Wildman–Crippen MR) is 70.7 cm³/mol. The minimum atomic E-state index is 0.369. The Morgan fingerprint density at radius 1 is 1.53 bits per heavy atom. The predicted octanol–water partition coefficient (Wildman–Crippen LogP) is 3.61. The molecule has 0 bridgehead atoms. The summed E-state index contributed by atoms with van der Waals surface area (Å²) in [6.07, 6.45) is 0.784. The maximum atomic E-state index is 10.9. The van der Waals surface area contributed by atoms with Crippen molar-refractivity contribution in [2.24, 2.45) is 0 Å². The van der Waals surface area contributed by atoms with Gasteiger partial charge in [-0.3, -0.25) is 4.79 Å². The Hall–Kier alpha value is -1.20. The van der Waals surface area contributed by atoms with Crippen LogP contribution in [0.3, 0.4) is 0 Å². The summed E-state index contributed by atoms with van der Waals surface area (Å²) in [6.45, 7) is 2.32. The van der Waals surface area contributed by atoms with E-state index in [1.54, 1.807) is 23.5 Å². The van der Waals surface area contributed by atoms with Gasteiger partial charge in [0.15, 0.2) is 6.29 Å². The molecule has 0 atom stereocenters. The van der Waals surface area contributed by atoms with Crippen LogP contribution in [-0.4, -0.2) is 11.3 Å². The fourth-order valence-corrected chi connectivity index (χ4v) is 2.48. The Bertz CT molecular complexity index is 539. The lowest BCUT2D eigenvalue weighted by molar-refractivity contribution is 0.111. The third-order valence-electron chi connectivity index (χ3n) is 2.16. The highest BCUT2D eigenvalue weighted by Crippen LogP contribution is 2.28. The van der Waals surface area contributed by atoms with Gasteiger partial charge < -0.3 is 4.74 Å². The third kappa shape index (κ3) is 2.92. The van der Waals surface area contributed by atoms with E-state index in [0.29, 0.717) is 17.9 Å². The molecule has 5 heteroatoms. The van der Waals surface area contributed by atoms with Crippen molar-refractivity contribution in [1.29, 1.82) is 0 Å². The Morgan fingerprint density at radius 2 is 2.35 bits per heavy atom. The van der Waals surface area contributed by atoms with Crippen LogP contribution in [0.5, 0.6) is 5.75 Å². The van der Waals surface area contributed by atoms with Crippen molar-refractivity contribution in [2.75, 3.05) is 0 Å². The van der Waals surface area contributed by atoms with Gasteiger partial charge in [-0.1, -0.05) is 6.07 Å². The summed E-state index contributed by atoms with van der Waals surface area (Å²) in [7, 11) is 0. The number of aryl methyl sites for hydroxylation is 1. The summed E-state index contributed by atoms with van der Waals surface area (Å²) < 4.78 is 6.40. The van der Waals surface area contributed by atoms with Crippen LogP contribution in [0.2, 0.25) is 0 Å². The molecule has 0 unspecified atom stereocenters. The first kappa shape index (κ1) is 12.3. The van der Waals surface area contributed by atoms with Crippen LogP contribution in [0, 0.1) is 6.92 Å². The summed E-state index contributed by atoms with van der Waals surface area (Å²) in [4.78, 5) is 15.2. The van der Waals surface area contributed by atoms with Crippen molar-refractivity contribution in [1.82, 2.24) is 4.98 Å². The van der Waals surface area contributed by atoms with Crippen molar-refractivity contribution in [2.45, 2.75) is 13.5 Å². The molecule has 1 heterocycles. The van der Waals surface area contributed by atoms with E-state index in [-0.39, 0.29) is 0 Å². The number of aromatic nitrogens is 1. The minimum Gasteiger partial charge on any atom is -0.485 e. The zero-order valence-corrected chi connectivity index (χ0v) is 11.5. The second-order valence-corrected chi connectivity index (χ2v) is 5.34. The van der Waals surface area contributed by atoms with E-state index in [4.69, 9.17) is 4.74 Å². The molecule has 2 aromatic rings. The lowest BCUT2D eigenvalue weighted by Gasteiger charge is -2.08. The molecule has 0 saturated carbocycles. The summed E-state index contributed by atoms with van der Waals surface area (Å²) in [5.74, 6) is 0.563. The van der Waals surface area contributed by atoms with E-state index >= 15 is 0 Å². The van der Waals surface area contributed by atoms with Crippen LogP contribution < -0.4 is 4.74 Å². The first-order valence-electron chi connectivity index (χ1n) is 4.98. The molecule has 0 fully saturated rings. The number of aldehydes is 1. The van der Waals surface area contributed by atoms with Crippen LogP contribution in [0.1, 0.15) is 21.1 Å². The molecule has 88 valence electrons. The van der Waals surface area contributed by atoms with Gasteiger partial charge in [0.2, 0.25) is 0 Å². The largest absolute Gasteiger partial charge is 0.485 e. The van der Waals surface area contributed by atoms with Crippen molar-refractivity contribution < 1.29 is 9.53 Å². The summed E-state index contributed by atoms with van der Waals surface area (Å²) in [6, 6.07) is 5.36. The lowest BCUT2D eigenvalue weighted by Crippen LogP contribution is -1.99. The second-order valence-electron chi connectivity index (χ2n) is 3.42. The number of para-hydroxylation sites is 1. The number of rotatable bonds is 4. The lowest BCUT2D eigenvalue weighted by atomic mass is 10.2. The van der Waals surface area contributed by atoms with Crippen molar-refractivity contribution in [3.63, 3.8) is 0 Å². The zero-order valence-electron chi connectivity index (χ0n) is 9.14. The number of benzene rings is 1. The van der Waals surface area contributed by atoms with E-state index in [1.807, 2.05) is 18.4 Å². The van der Waals surface area contributed by atoms with Gasteiger partial charge in [0, 0.05) is 5.38 Å². The molecule has 0 saturated heterocycles.